The zero-order valence-electron chi connectivity index (χ0n) is 7.88. The van der Waals surface area contributed by atoms with E-state index in [4.69, 9.17) is 0 Å². The van der Waals surface area contributed by atoms with Gasteiger partial charge in [-0.05, 0) is 13.5 Å². The first-order valence-corrected chi connectivity index (χ1v) is 5.72. The molecule has 1 aliphatic heterocycles. The molecule has 0 aromatic carbocycles. The fourth-order valence-corrected chi connectivity index (χ4v) is 2.69. The van der Waals surface area contributed by atoms with Gasteiger partial charge in [0.05, 0.1) is 6.04 Å². The highest BCUT2D eigenvalue weighted by atomic mass is 32.2. The summed E-state index contributed by atoms with van der Waals surface area (Å²) in [6.45, 7) is 3.12. The molecule has 1 aliphatic rings. The highest BCUT2D eigenvalue weighted by molar-refractivity contribution is 7.99. The Labute approximate surface area is 78.7 Å². The van der Waals surface area contributed by atoms with Crippen LogP contribution in [0.3, 0.4) is 0 Å². The van der Waals surface area contributed by atoms with Crippen molar-refractivity contribution in [3.8, 4) is 0 Å². The summed E-state index contributed by atoms with van der Waals surface area (Å²) in [4.78, 5) is 13.7. The summed E-state index contributed by atoms with van der Waals surface area (Å²) in [5.74, 6) is 2.59. The third-order valence-corrected chi connectivity index (χ3v) is 3.29. The van der Waals surface area contributed by atoms with Crippen LogP contribution < -0.4 is 0 Å². The van der Waals surface area contributed by atoms with E-state index in [0.717, 1.165) is 25.1 Å². The predicted molar refractivity (Wildman–Crippen MR) is 53.7 cm³/mol. The van der Waals surface area contributed by atoms with Crippen LogP contribution in [0.1, 0.15) is 19.8 Å². The van der Waals surface area contributed by atoms with Crippen molar-refractivity contribution in [3.05, 3.63) is 0 Å². The zero-order chi connectivity index (χ0) is 8.97. The Bertz CT molecular complexity index is 161. The van der Waals surface area contributed by atoms with Crippen LogP contribution in [-0.2, 0) is 4.79 Å². The number of rotatable bonds is 3. The van der Waals surface area contributed by atoms with Crippen LogP contribution in [0.25, 0.3) is 0 Å². The van der Waals surface area contributed by atoms with E-state index in [1.54, 1.807) is 0 Å². The lowest BCUT2D eigenvalue weighted by Gasteiger charge is -2.30. The topological polar surface area (TPSA) is 20.3 Å². The van der Waals surface area contributed by atoms with Crippen LogP contribution >= 0.6 is 11.8 Å². The maximum absolute atomic E-state index is 11.6. The van der Waals surface area contributed by atoms with Crippen molar-refractivity contribution in [1.29, 1.82) is 0 Å². The van der Waals surface area contributed by atoms with Crippen molar-refractivity contribution in [2.45, 2.75) is 25.8 Å². The molecule has 1 saturated heterocycles. The minimum Gasteiger partial charge on any atom is -0.298 e. The highest BCUT2D eigenvalue weighted by Gasteiger charge is 2.24. The van der Waals surface area contributed by atoms with E-state index in [-0.39, 0.29) is 6.04 Å². The summed E-state index contributed by atoms with van der Waals surface area (Å²) in [5, 5.41) is 0. The molecule has 1 rings (SSSR count). The molecule has 0 bridgehead atoms. The lowest BCUT2D eigenvalue weighted by molar-refractivity contribution is -0.123. The minimum absolute atomic E-state index is 0.198. The zero-order valence-corrected chi connectivity index (χ0v) is 8.69. The Balaban J connectivity index is 2.42. The molecular weight excluding hydrogens is 170 g/mol. The Morgan fingerprint density at radius 3 is 3.00 bits per heavy atom. The first kappa shape index (κ1) is 10.1. The molecule has 0 aromatic heterocycles. The SMILES string of the molecule is CCCC(=O)C1CSCCN1C. The molecule has 1 unspecified atom stereocenters. The molecule has 0 N–H and O–H groups in total. The van der Waals surface area contributed by atoms with Gasteiger partial charge in [0.2, 0.25) is 0 Å². The van der Waals surface area contributed by atoms with E-state index in [2.05, 4.69) is 18.9 Å². The van der Waals surface area contributed by atoms with Crippen molar-refractivity contribution < 1.29 is 4.79 Å². The third kappa shape index (κ3) is 2.49. The first-order chi connectivity index (χ1) is 5.75. The molecule has 0 aromatic rings. The molecule has 0 radical (unpaired) electrons. The standard InChI is InChI=1S/C9H17NOS/c1-3-4-9(11)8-7-12-6-5-10(8)2/h8H,3-7H2,1-2H3. The average Bonchev–Trinajstić information content (AvgIpc) is 2.05. The van der Waals surface area contributed by atoms with E-state index in [1.807, 2.05) is 11.8 Å². The van der Waals surface area contributed by atoms with Gasteiger partial charge in [-0.1, -0.05) is 6.92 Å². The number of nitrogens with zero attached hydrogens (tertiary/aromatic N) is 1. The first-order valence-electron chi connectivity index (χ1n) is 4.56. The number of carbonyl (C=O) groups is 1. The van der Waals surface area contributed by atoms with Gasteiger partial charge in [0.1, 0.15) is 0 Å². The number of hydrogen-bond acceptors (Lipinski definition) is 3. The molecule has 1 heterocycles. The Morgan fingerprint density at radius 1 is 1.67 bits per heavy atom. The quantitative estimate of drug-likeness (QED) is 0.666. The van der Waals surface area contributed by atoms with Crippen molar-refractivity contribution in [1.82, 2.24) is 4.90 Å². The van der Waals surface area contributed by atoms with E-state index in [1.165, 1.54) is 5.75 Å². The molecule has 2 nitrogen and oxygen atoms in total. The van der Waals surface area contributed by atoms with E-state index >= 15 is 0 Å². The van der Waals surface area contributed by atoms with E-state index in [9.17, 15) is 4.79 Å². The van der Waals surface area contributed by atoms with Gasteiger partial charge >= 0.3 is 0 Å². The Kier molecular flexibility index (Phi) is 4.09. The summed E-state index contributed by atoms with van der Waals surface area (Å²) in [6.07, 6.45) is 1.73. The van der Waals surface area contributed by atoms with Crippen molar-refractivity contribution in [3.63, 3.8) is 0 Å². The second-order valence-corrected chi connectivity index (χ2v) is 4.44. The lowest BCUT2D eigenvalue weighted by atomic mass is 10.1. The van der Waals surface area contributed by atoms with Gasteiger partial charge in [-0.2, -0.15) is 11.8 Å². The number of Topliss-reactive ketones (excluding diaryl/α,β-unsaturated/α-hetero) is 1. The summed E-state index contributed by atoms with van der Waals surface area (Å²) < 4.78 is 0. The number of ketones is 1. The van der Waals surface area contributed by atoms with Crippen molar-refractivity contribution in [2.75, 3.05) is 25.1 Å². The molecule has 1 fully saturated rings. The fourth-order valence-electron chi connectivity index (χ4n) is 1.44. The molecule has 0 amide bonds. The maximum atomic E-state index is 11.6. The highest BCUT2D eigenvalue weighted by Crippen LogP contribution is 2.16. The van der Waals surface area contributed by atoms with Crippen LogP contribution in [0.5, 0.6) is 0 Å². The minimum atomic E-state index is 0.198. The van der Waals surface area contributed by atoms with Crippen LogP contribution in [0.4, 0.5) is 0 Å². The largest absolute Gasteiger partial charge is 0.298 e. The Hall–Kier alpha value is -0.0200. The van der Waals surface area contributed by atoms with Gasteiger partial charge in [0, 0.05) is 24.5 Å². The molecule has 0 saturated carbocycles. The van der Waals surface area contributed by atoms with E-state index < -0.39 is 0 Å². The summed E-state index contributed by atoms with van der Waals surface area (Å²) in [7, 11) is 2.05. The lowest BCUT2D eigenvalue weighted by Crippen LogP contribution is -2.44. The third-order valence-electron chi connectivity index (χ3n) is 2.26. The molecule has 70 valence electrons. The predicted octanol–water partition coefficient (Wildman–Crippen LogP) is 1.40. The van der Waals surface area contributed by atoms with Gasteiger partial charge in [-0.15, -0.1) is 0 Å². The van der Waals surface area contributed by atoms with Gasteiger partial charge in [-0.3, -0.25) is 9.69 Å². The van der Waals surface area contributed by atoms with Crippen molar-refractivity contribution in [2.24, 2.45) is 0 Å². The van der Waals surface area contributed by atoms with Gasteiger partial charge < -0.3 is 0 Å². The second kappa shape index (κ2) is 4.87. The van der Waals surface area contributed by atoms with E-state index in [0.29, 0.717) is 5.78 Å². The normalized spacial score (nSPS) is 25.7. The molecular formula is C9H17NOS. The Morgan fingerprint density at radius 2 is 2.42 bits per heavy atom. The summed E-state index contributed by atoms with van der Waals surface area (Å²) in [6, 6.07) is 0.198. The van der Waals surface area contributed by atoms with Gasteiger partial charge in [0.15, 0.2) is 5.78 Å². The van der Waals surface area contributed by atoms with Crippen LogP contribution in [0.2, 0.25) is 0 Å². The van der Waals surface area contributed by atoms with Crippen LogP contribution in [-0.4, -0.2) is 41.8 Å². The number of hydrogen-bond donors (Lipinski definition) is 0. The summed E-state index contributed by atoms with van der Waals surface area (Å²) >= 11 is 1.90. The van der Waals surface area contributed by atoms with Crippen molar-refractivity contribution >= 4 is 17.5 Å². The number of likely N-dealkylation sites (N-methyl/N-ethyl adjacent to an activating group) is 1. The number of carbonyl (C=O) groups excluding carboxylic acids is 1. The summed E-state index contributed by atoms with van der Waals surface area (Å²) in [5.41, 5.74) is 0. The maximum Gasteiger partial charge on any atom is 0.150 e. The van der Waals surface area contributed by atoms with Crippen LogP contribution in [0.15, 0.2) is 0 Å². The molecule has 12 heavy (non-hydrogen) atoms. The smallest absolute Gasteiger partial charge is 0.150 e. The molecule has 1 atom stereocenters. The fraction of sp³-hybridized carbons (Fsp3) is 0.889. The van der Waals surface area contributed by atoms with Gasteiger partial charge in [-0.25, -0.2) is 0 Å². The molecule has 3 heteroatoms. The van der Waals surface area contributed by atoms with Gasteiger partial charge in [0.25, 0.3) is 0 Å². The number of thioether (sulfide) groups is 1. The molecule has 0 spiro atoms. The van der Waals surface area contributed by atoms with Crippen LogP contribution in [0, 0.1) is 0 Å². The molecule has 0 aliphatic carbocycles. The monoisotopic (exact) mass is 187 g/mol. The second-order valence-electron chi connectivity index (χ2n) is 3.29. The average molecular weight is 187 g/mol.